The third-order valence-corrected chi connectivity index (χ3v) is 4.03. The van der Waals surface area contributed by atoms with Crippen LogP contribution in [0.2, 0.25) is 0 Å². The van der Waals surface area contributed by atoms with Crippen molar-refractivity contribution in [3.8, 4) is 0 Å². The van der Waals surface area contributed by atoms with Gasteiger partial charge in [0.05, 0.1) is 23.7 Å². The van der Waals surface area contributed by atoms with Gasteiger partial charge in [0, 0.05) is 25.7 Å². The van der Waals surface area contributed by atoms with Gasteiger partial charge in [-0.1, -0.05) is 6.07 Å². The number of nitrogens with one attached hydrogen (secondary N) is 3. The number of hydrogen-bond donors (Lipinski definition) is 3. The highest BCUT2D eigenvalue weighted by molar-refractivity contribution is 5.75. The van der Waals surface area contributed by atoms with E-state index in [9.17, 15) is 4.79 Å². The third kappa shape index (κ3) is 3.34. The van der Waals surface area contributed by atoms with Crippen molar-refractivity contribution >= 4 is 11.0 Å². The lowest BCUT2D eigenvalue weighted by molar-refractivity contribution is -0.0190. The first-order valence-corrected chi connectivity index (χ1v) is 7.37. The van der Waals surface area contributed by atoms with Gasteiger partial charge in [-0.25, -0.2) is 4.79 Å². The minimum Gasteiger partial charge on any atom is -0.374 e. The molecule has 0 radical (unpaired) electrons. The number of morpholine rings is 1. The molecular weight excluding hydrogens is 268 g/mol. The Labute approximate surface area is 123 Å². The zero-order valence-corrected chi connectivity index (χ0v) is 12.5. The molecule has 6 nitrogen and oxygen atoms in total. The summed E-state index contributed by atoms with van der Waals surface area (Å²) >= 11 is 0. The van der Waals surface area contributed by atoms with E-state index in [1.165, 1.54) is 0 Å². The van der Waals surface area contributed by atoms with Crippen molar-refractivity contribution in [2.45, 2.75) is 19.1 Å². The topological polar surface area (TPSA) is 73.2 Å². The van der Waals surface area contributed by atoms with Gasteiger partial charge >= 0.3 is 5.69 Å². The summed E-state index contributed by atoms with van der Waals surface area (Å²) in [6.45, 7) is 5.72. The van der Waals surface area contributed by atoms with Crippen molar-refractivity contribution in [2.24, 2.45) is 0 Å². The second kappa shape index (κ2) is 6.01. The van der Waals surface area contributed by atoms with Crippen LogP contribution in [0.1, 0.15) is 18.5 Å². The van der Waals surface area contributed by atoms with E-state index in [4.69, 9.17) is 4.74 Å². The number of ether oxygens (including phenoxy) is 1. The fourth-order valence-corrected chi connectivity index (χ4v) is 2.74. The van der Waals surface area contributed by atoms with Crippen LogP contribution in [0, 0.1) is 0 Å². The standard InChI is InChI=1S/C15H22N4O2/c1-10(16-8-12-9-19(2)5-6-21-12)11-3-4-13-14(7-11)18-15(20)17-13/h3-4,7,10,12,16H,5-6,8-9H2,1-2H3,(H2,17,18,20). The van der Waals surface area contributed by atoms with Crippen LogP contribution in [0.15, 0.2) is 23.0 Å². The summed E-state index contributed by atoms with van der Waals surface area (Å²) in [5, 5.41) is 3.51. The molecule has 0 aliphatic carbocycles. The van der Waals surface area contributed by atoms with Crippen LogP contribution in [0.5, 0.6) is 0 Å². The van der Waals surface area contributed by atoms with E-state index >= 15 is 0 Å². The summed E-state index contributed by atoms with van der Waals surface area (Å²) in [5.74, 6) is 0. The van der Waals surface area contributed by atoms with Crippen molar-refractivity contribution in [2.75, 3.05) is 33.3 Å². The minimum absolute atomic E-state index is 0.165. The highest BCUT2D eigenvalue weighted by Crippen LogP contribution is 2.17. The Morgan fingerprint density at radius 1 is 1.43 bits per heavy atom. The molecule has 1 aromatic carbocycles. The van der Waals surface area contributed by atoms with Crippen LogP contribution >= 0.6 is 0 Å². The summed E-state index contributed by atoms with van der Waals surface area (Å²) in [6.07, 6.45) is 0.238. The maximum absolute atomic E-state index is 11.3. The zero-order chi connectivity index (χ0) is 14.8. The summed E-state index contributed by atoms with van der Waals surface area (Å²) in [5.41, 5.74) is 2.68. The van der Waals surface area contributed by atoms with E-state index in [1.807, 2.05) is 18.2 Å². The van der Waals surface area contributed by atoms with Gasteiger partial charge in [0.2, 0.25) is 0 Å². The average molecular weight is 290 g/mol. The van der Waals surface area contributed by atoms with Crippen LogP contribution in [0.3, 0.4) is 0 Å². The van der Waals surface area contributed by atoms with Gasteiger partial charge < -0.3 is 24.9 Å². The molecular formula is C15H22N4O2. The first kappa shape index (κ1) is 14.3. The monoisotopic (exact) mass is 290 g/mol. The van der Waals surface area contributed by atoms with E-state index in [0.717, 1.165) is 42.8 Å². The Bertz CT molecular complexity index is 663. The summed E-state index contributed by atoms with van der Waals surface area (Å²) < 4.78 is 5.75. The van der Waals surface area contributed by atoms with Crippen LogP contribution < -0.4 is 11.0 Å². The molecule has 2 atom stereocenters. The lowest BCUT2D eigenvalue weighted by Crippen LogP contribution is -2.45. The van der Waals surface area contributed by atoms with Gasteiger partial charge in [0.15, 0.2) is 0 Å². The number of hydrogen-bond acceptors (Lipinski definition) is 4. The van der Waals surface area contributed by atoms with E-state index < -0.39 is 0 Å². The number of aromatic amines is 2. The largest absolute Gasteiger partial charge is 0.374 e. The number of rotatable bonds is 4. The number of aromatic nitrogens is 2. The Morgan fingerprint density at radius 3 is 3.05 bits per heavy atom. The molecule has 1 aliphatic heterocycles. The zero-order valence-electron chi connectivity index (χ0n) is 12.5. The molecule has 6 heteroatoms. The predicted octanol–water partition coefficient (Wildman–Crippen LogP) is 0.837. The average Bonchev–Trinajstić information content (AvgIpc) is 2.84. The molecule has 1 aromatic heterocycles. The molecule has 0 amide bonds. The van der Waals surface area contributed by atoms with Gasteiger partial charge in [-0.2, -0.15) is 0 Å². The second-order valence-electron chi connectivity index (χ2n) is 5.77. The van der Waals surface area contributed by atoms with Gasteiger partial charge in [-0.05, 0) is 31.7 Å². The molecule has 0 saturated carbocycles. The molecule has 2 aromatic rings. The highest BCUT2D eigenvalue weighted by Gasteiger charge is 2.18. The van der Waals surface area contributed by atoms with E-state index in [-0.39, 0.29) is 17.8 Å². The molecule has 114 valence electrons. The molecule has 3 N–H and O–H groups in total. The predicted molar refractivity (Wildman–Crippen MR) is 82.6 cm³/mol. The number of nitrogens with zero attached hydrogens (tertiary/aromatic N) is 1. The first-order chi connectivity index (χ1) is 10.1. The fraction of sp³-hybridized carbons (Fsp3) is 0.533. The summed E-state index contributed by atoms with van der Waals surface area (Å²) in [6, 6.07) is 6.20. The molecule has 1 fully saturated rings. The molecule has 2 unspecified atom stereocenters. The number of benzene rings is 1. The Balaban J connectivity index is 1.63. The third-order valence-electron chi connectivity index (χ3n) is 4.03. The first-order valence-electron chi connectivity index (χ1n) is 7.37. The number of fused-ring (bicyclic) bond motifs is 1. The second-order valence-corrected chi connectivity index (χ2v) is 5.77. The maximum atomic E-state index is 11.3. The highest BCUT2D eigenvalue weighted by atomic mass is 16.5. The van der Waals surface area contributed by atoms with Crippen molar-refractivity contribution in [3.63, 3.8) is 0 Å². The number of likely N-dealkylation sites (N-methyl/N-ethyl adjacent to an activating group) is 1. The smallest absolute Gasteiger partial charge is 0.323 e. The van der Waals surface area contributed by atoms with Crippen molar-refractivity contribution in [1.82, 2.24) is 20.2 Å². The van der Waals surface area contributed by atoms with Crippen molar-refractivity contribution in [3.05, 3.63) is 34.2 Å². The van der Waals surface area contributed by atoms with Crippen LogP contribution in [0.4, 0.5) is 0 Å². The molecule has 21 heavy (non-hydrogen) atoms. The van der Waals surface area contributed by atoms with Crippen LogP contribution in [0.25, 0.3) is 11.0 Å². The van der Waals surface area contributed by atoms with Crippen molar-refractivity contribution in [1.29, 1.82) is 0 Å². The van der Waals surface area contributed by atoms with E-state index in [0.29, 0.717) is 0 Å². The fourth-order valence-electron chi connectivity index (χ4n) is 2.74. The Hall–Kier alpha value is -1.63. The Morgan fingerprint density at radius 2 is 2.24 bits per heavy atom. The molecule has 3 rings (SSSR count). The quantitative estimate of drug-likeness (QED) is 0.780. The molecule has 0 bridgehead atoms. The normalized spacial score (nSPS) is 21.7. The lowest BCUT2D eigenvalue weighted by Gasteiger charge is -2.31. The van der Waals surface area contributed by atoms with Gasteiger partial charge in [-0.3, -0.25) is 0 Å². The number of H-pyrrole nitrogens is 2. The molecule has 0 spiro atoms. The molecule has 1 aliphatic rings. The minimum atomic E-state index is -0.165. The van der Waals surface area contributed by atoms with E-state index in [2.05, 4.69) is 34.2 Å². The Kier molecular flexibility index (Phi) is 4.10. The van der Waals surface area contributed by atoms with Gasteiger partial charge in [0.25, 0.3) is 0 Å². The van der Waals surface area contributed by atoms with Crippen LogP contribution in [-0.4, -0.2) is 54.3 Å². The molecule has 1 saturated heterocycles. The van der Waals surface area contributed by atoms with Gasteiger partial charge in [0.1, 0.15) is 0 Å². The summed E-state index contributed by atoms with van der Waals surface area (Å²) in [7, 11) is 2.12. The van der Waals surface area contributed by atoms with Crippen molar-refractivity contribution < 1.29 is 4.74 Å². The SMILES string of the molecule is CC(NCC1CN(C)CCO1)c1ccc2[nH]c(=O)[nH]c2c1. The summed E-state index contributed by atoms with van der Waals surface area (Å²) in [4.78, 5) is 19.1. The lowest BCUT2D eigenvalue weighted by atomic mass is 10.1. The van der Waals surface area contributed by atoms with Gasteiger partial charge in [-0.15, -0.1) is 0 Å². The maximum Gasteiger partial charge on any atom is 0.323 e. The van der Waals surface area contributed by atoms with E-state index in [1.54, 1.807) is 0 Å². The molecule has 2 heterocycles. The number of imidazole rings is 1. The van der Waals surface area contributed by atoms with Crippen LogP contribution in [-0.2, 0) is 4.74 Å².